The van der Waals surface area contributed by atoms with Crippen molar-refractivity contribution in [3.05, 3.63) is 0 Å². The van der Waals surface area contributed by atoms with E-state index in [2.05, 4.69) is 0 Å². The molecule has 0 aromatic rings. The zero-order valence-corrected chi connectivity index (χ0v) is 9.54. The molecular weight excluding hydrogens is 192 g/mol. The lowest BCUT2D eigenvalue weighted by molar-refractivity contribution is -0.144. The number of amides is 1. The van der Waals surface area contributed by atoms with Crippen LogP contribution in [0.4, 0.5) is 0 Å². The molecule has 1 saturated heterocycles. The average Bonchev–Trinajstić information content (AvgIpc) is 2.19. The van der Waals surface area contributed by atoms with Gasteiger partial charge < -0.3 is 15.7 Å². The molecule has 15 heavy (non-hydrogen) atoms. The van der Waals surface area contributed by atoms with Gasteiger partial charge in [-0.3, -0.25) is 4.79 Å². The third kappa shape index (κ3) is 3.47. The molecule has 0 spiro atoms. The van der Waals surface area contributed by atoms with E-state index in [1.165, 1.54) is 0 Å². The van der Waals surface area contributed by atoms with Gasteiger partial charge in [0.25, 0.3) is 0 Å². The number of aliphatic hydroxyl groups is 1. The summed E-state index contributed by atoms with van der Waals surface area (Å²) in [6.45, 7) is 4.30. The van der Waals surface area contributed by atoms with Crippen molar-refractivity contribution in [3.8, 4) is 0 Å². The van der Waals surface area contributed by atoms with Crippen LogP contribution in [0.3, 0.4) is 0 Å². The second-order valence-electron chi connectivity index (χ2n) is 4.82. The van der Waals surface area contributed by atoms with Gasteiger partial charge in [-0.1, -0.05) is 13.3 Å². The maximum absolute atomic E-state index is 11.6. The molecule has 0 bridgehead atoms. The highest BCUT2D eigenvalue weighted by Crippen LogP contribution is 2.29. The molecule has 0 saturated carbocycles. The number of hydrogen-bond donors (Lipinski definition) is 2. The van der Waals surface area contributed by atoms with Gasteiger partial charge in [0.15, 0.2) is 0 Å². The van der Waals surface area contributed by atoms with E-state index >= 15 is 0 Å². The molecule has 0 aliphatic carbocycles. The van der Waals surface area contributed by atoms with E-state index in [0.29, 0.717) is 26.1 Å². The zero-order chi connectivity index (χ0) is 11.3. The van der Waals surface area contributed by atoms with Gasteiger partial charge in [-0.25, -0.2) is 0 Å². The second kappa shape index (κ2) is 5.47. The zero-order valence-electron chi connectivity index (χ0n) is 9.54. The first-order valence-electron chi connectivity index (χ1n) is 5.70. The van der Waals surface area contributed by atoms with Crippen molar-refractivity contribution in [1.29, 1.82) is 0 Å². The van der Waals surface area contributed by atoms with Gasteiger partial charge in [0, 0.05) is 24.9 Å². The average molecular weight is 214 g/mol. The van der Waals surface area contributed by atoms with Crippen molar-refractivity contribution in [2.75, 3.05) is 26.2 Å². The van der Waals surface area contributed by atoms with Crippen LogP contribution < -0.4 is 5.73 Å². The van der Waals surface area contributed by atoms with Crippen molar-refractivity contribution in [3.63, 3.8) is 0 Å². The van der Waals surface area contributed by atoms with E-state index in [4.69, 9.17) is 10.8 Å². The Kier molecular flexibility index (Phi) is 4.54. The van der Waals surface area contributed by atoms with Gasteiger partial charge in [0.2, 0.25) is 5.91 Å². The molecule has 0 unspecified atom stereocenters. The summed E-state index contributed by atoms with van der Waals surface area (Å²) in [5, 5.41) is 9.04. The van der Waals surface area contributed by atoms with E-state index in [1.807, 2.05) is 11.8 Å². The quantitative estimate of drug-likeness (QED) is 0.627. The molecule has 1 heterocycles. The molecule has 1 rings (SSSR count). The maximum atomic E-state index is 11.6. The van der Waals surface area contributed by atoms with Crippen LogP contribution in [-0.4, -0.2) is 42.2 Å². The summed E-state index contributed by atoms with van der Waals surface area (Å²) in [5.41, 5.74) is 5.32. The second-order valence-corrected chi connectivity index (χ2v) is 4.82. The van der Waals surface area contributed by atoms with Crippen LogP contribution in [0.25, 0.3) is 0 Å². The predicted molar refractivity (Wildman–Crippen MR) is 59.3 cm³/mol. The molecule has 0 radical (unpaired) electrons. The first kappa shape index (κ1) is 12.5. The van der Waals surface area contributed by atoms with Gasteiger partial charge in [-0.15, -0.1) is 0 Å². The largest absolute Gasteiger partial charge is 0.396 e. The maximum Gasteiger partial charge on any atom is 0.222 e. The Morgan fingerprint density at radius 3 is 2.60 bits per heavy atom. The van der Waals surface area contributed by atoms with Crippen LogP contribution in [0.15, 0.2) is 0 Å². The summed E-state index contributed by atoms with van der Waals surface area (Å²) in [7, 11) is 0. The minimum atomic E-state index is -0.0487. The Balaban J connectivity index is 2.10. The van der Waals surface area contributed by atoms with Crippen molar-refractivity contribution < 1.29 is 9.90 Å². The highest BCUT2D eigenvalue weighted by Gasteiger charge is 2.40. The minimum Gasteiger partial charge on any atom is -0.396 e. The molecule has 4 nitrogen and oxygen atoms in total. The topological polar surface area (TPSA) is 66.6 Å². The molecule has 0 aromatic carbocycles. The molecule has 4 heteroatoms. The Bertz CT molecular complexity index is 213. The highest BCUT2D eigenvalue weighted by atomic mass is 16.3. The van der Waals surface area contributed by atoms with Gasteiger partial charge in [-0.05, 0) is 19.4 Å². The number of carbonyl (C=O) groups excluding carboxylic acids is 1. The summed E-state index contributed by atoms with van der Waals surface area (Å²) in [4.78, 5) is 13.4. The van der Waals surface area contributed by atoms with Crippen LogP contribution in [0.5, 0.6) is 0 Å². The number of unbranched alkanes of at least 4 members (excludes halogenated alkanes) is 2. The summed E-state index contributed by atoms with van der Waals surface area (Å²) >= 11 is 0. The Hall–Kier alpha value is -0.610. The smallest absolute Gasteiger partial charge is 0.222 e. The number of nitrogens with zero attached hydrogens (tertiary/aromatic N) is 1. The third-order valence-corrected chi connectivity index (χ3v) is 2.97. The number of aliphatic hydroxyl groups excluding tert-OH is 1. The molecule has 88 valence electrons. The summed E-state index contributed by atoms with van der Waals surface area (Å²) in [6, 6.07) is 0. The van der Waals surface area contributed by atoms with Crippen LogP contribution >= 0.6 is 0 Å². The summed E-state index contributed by atoms with van der Waals surface area (Å²) in [6.07, 6.45) is 3.60. The van der Waals surface area contributed by atoms with Crippen LogP contribution in [-0.2, 0) is 4.79 Å². The summed E-state index contributed by atoms with van der Waals surface area (Å²) in [5.74, 6) is 0.220. The Morgan fingerprint density at radius 2 is 2.07 bits per heavy atom. The van der Waals surface area contributed by atoms with E-state index in [0.717, 1.165) is 19.3 Å². The molecule has 3 N–H and O–H groups in total. The SMILES string of the molecule is CC1(CO)CN(C(=O)CCCCCN)C1. The van der Waals surface area contributed by atoms with Crippen molar-refractivity contribution >= 4 is 5.91 Å². The number of nitrogens with two attached hydrogens (primary N) is 1. The number of likely N-dealkylation sites (tertiary alicyclic amines) is 1. The fourth-order valence-electron chi connectivity index (χ4n) is 1.91. The molecule has 1 fully saturated rings. The van der Waals surface area contributed by atoms with E-state index in [-0.39, 0.29) is 17.9 Å². The minimum absolute atomic E-state index is 0.0487. The van der Waals surface area contributed by atoms with Gasteiger partial charge in [-0.2, -0.15) is 0 Å². The molecule has 1 amide bonds. The lowest BCUT2D eigenvalue weighted by atomic mass is 9.82. The lowest BCUT2D eigenvalue weighted by Crippen LogP contribution is -2.58. The lowest BCUT2D eigenvalue weighted by Gasteiger charge is -2.47. The Morgan fingerprint density at radius 1 is 1.40 bits per heavy atom. The standard InChI is InChI=1S/C11H22N2O2/c1-11(9-14)7-13(8-11)10(15)5-3-2-4-6-12/h14H,2-9,12H2,1H3. The fourth-order valence-corrected chi connectivity index (χ4v) is 1.91. The van der Waals surface area contributed by atoms with E-state index < -0.39 is 0 Å². The van der Waals surface area contributed by atoms with E-state index in [1.54, 1.807) is 0 Å². The molecule has 1 aliphatic rings. The van der Waals surface area contributed by atoms with E-state index in [9.17, 15) is 4.79 Å². The van der Waals surface area contributed by atoms with Gasteiger partial charge >= 0.3 is 0 Å². The van der Waals surface area contributed by atoms with Crippen LogP contribution in [0.2, 0.25) is 0 Å². The van der Waals surface area contributed by atoms with Crippen LogP contribution in [0, 0.1) is 5.41 Å². The number of rotatable bonds is 6. The Labute approximate surface area is 91.4 Å². The van der Waals surface area contributed by atoms with Gasteiger partial charge in [0.1, 0.15) is 0 Å². The molecular formula is C11H22N2O2. The molecule has 1 aliphatic heterocycles. The third-order valence-electron chi connectivity index (χ3n) is 2.97. The van der Waals surface area contributed by atoms with Crippen molar-refractivity contribution in [1.82, 2.24) is 4.90 Å². The molecule has 0 aromatic heterocycles. The van der Waals surface area contributed by atoms with Crippen molar-refractivity contribution in [2.24, 2.45) is 11.1 Å². The summed E-state index contributed by atoms with van der Waals surface area (Å²) < 4.78 is 0. The fraction of sp³-hybridized carbons (Fsp3) is 0.909. The predicted octanol–water partition coefficient (Wildman–Crippen LogP) is 0.346. The van der Waals surface area contributed by atoms with Gasteiger partial charge in [0.05, 0.1) is 6.61 Å². The number of carbonyl (C=O) groups is 1. The van der Waals surface area contributed by atoms with Crippen LogP contribution in [0.1, 0.15) is 32.6 Å². The molecule has 0 atom stereocenters. The first-order valence-corrected chi connectivity index (χ1v) is 5.70. The monoisotopic (exact) mass is 214 g/mol. The van der Waals surface area contributed by atoms with Crippen molar-refractivity contribution in [2.45, 2.75) is 32.6 Å². The normalized spacial score (nSPS) is 18.7. The highest BCUT2D eigenvalue weighted by molar-refractivity contribution is 5.77. The number of hydrogen-bond acceptors (Lipinski definition) is 3. The first-order chi connectivity index (χ1) is 7.11.